The maximum Gasteiger partial charge on any atom is 0.148 e. The van der Waals surface area contributed by atoms with E-state index in [9.17, 15) is 0 Å². The molecule has 0 fully saturated rings. The molecule has 3 aromatic rings. The summed E-state index contributed by atoms with van der Waals surface area (Å²) in [7, 11) is 0. The molecule has 0 aliphatic carbocycles. The molecule has 0 bridgehead atoms. The Morgan fingerprint density at radius 3 is 2.57 bits per heavy atom. The van der Waals surface area contributed by atoms with E-state index in [4.69, 9.17) is 5.73 Å². The molecule has 0 aliphatic rings. The number of benzene rings is 1. The zero-order chi connectivity index (χ0) is 14.8. The van der Waals surface area contributed by atoms with Crippen LogP contribution in [0, 0.1) is 0 Å². The Morgan fingerprint density at radius 2 is 1.86 bits per heavy atom. The Hall–Kier alpha value is -2.63. The fourth-order valence-electron chi connectivity index (χ4n) is 2.24. The van der Waals surface area contributed by atoms with E-state index < -0.39 is 0 Å². The lowest BCUT2D eigenvalue weighted by atomic mass is 10.1. The molecule has 0 atom stereocenters. The van der Waals surface area contributed by atoms with Crippen molar-refractivity contribution in [3.8, 4) is 11.1 Å². The van der Waals surface area contributed by atoms with Gasteiger partial charge in [-0.3, -0.25) is 4.68 Å². The molecule has 2 N–H and O–H groups in total. The van der Waals surface area contributed by atoms with Crippen LogP contribution < -0.4 is 5.73 Å². The van der Waals surface area contributed by atoms with Crippen LogP contribution in [-0.2, 0) is 6.54 Å². The van der Waals surface area contributed by atoms with E-state index in [1.807, 2.05) is 46.0 Å². The van der Waals surface area contributed by atoms with Crippen LogP contribution in [0.15, 0.2) is 43.0 Å². The normalized spacial score (nSPS) is 11.2. The van der Waals surface area contributed by atoms with E-state index in [0.717, 1.165) is 22.6 Å². The number of nitrogen functional groups attached to an aromatic ring is 1. The SMILES string of the molecule is CC(C)n1ncnc1Cn1cc(-c2ccc(N)cc2)cn1. The first-order valence-corrected chi connectivity index (χ1v) is 6.90. The lowest BCUT2D eigenvalue weighted by Crippen LogP contribution is -2.12. The van der Waals surface area contributed by atoms with E-state index in [2.05, 4.69) is 29.0 Å². The topological polar surface area (TPSA) is 74.5 Å². The highest BCUT2D eigenvalue weighted by molar-refractivity contribution is 5.63. The lowest BCUT2D eigenvalue weighted by molar-refractivity contribution is 0.488. The minimum absolute atomic E-state index is 0.287. The Balaban J connectivity index is 1.82. The Kier molecular flexibility index (Phi) is 3.43. The fraction of sp³-hybridized carbons (Fsp3) is 0.267. The minimum Gasteiger partial charge on any atom is -0.399 e. The Bertz CT molecular complexity index is 723. The number of nitrogens with zero attached hydrogens (tertiary/aromatic N) is 5. The summed E-state index contributed by atoms with van der Waals surface area (Å²) in [5.41, 5.74) is 8.63. The highest BCUT2D eigenvalue weighted by Crippen LogP contribution is 2.20. The first kappa shape index (κ1) is 13.4. The highest BCUT2D eigenvalue weighted by Gasteiger charge is 2.09. The van der Waals surface area contributed by atoms with Crippen LogP contribution >= 0.6 is 0 Å². The van der Waals surface area contributed by atoms with Gasteiger partial charge in [-0.05, 0) is 31.5 Å². The van der Waals surface area contributed by atoms with Gasteiger partial charge in [0.1, 0.15) is 18.7 Å². The van der Waals surface area contributed by atoms with E-state index in [1.54, 1.807) is 6.33 Å². The van der Waals surface area contributed by atoms with Crippen molar-refractivity contribution in [3.63, 3.8) is 0 Å². The molecule has 0 radical (unpaired) electrons. The molecule has 108 valence electrons. The summed E-state index contributed by atoms with van der Waals surface area (Å²) in [6, 6.07) is 8.06. The van der Waals surface area contributed by atoms with Gasteiger partial charge in [-0.1, -0.05) is 12.1 Å². The number of rotatable bonds is 4. The summed E-state index contributed by atoms with van der Waals surface area (Å²) < 4.78 is 3.78. The molecule has 6 heteroatoms. The van der Waals surface area contributed by atoms with Crippen molar-refractivity contribution in [2.24, 2.45) is 0 Å². The van der Waals surface area contributed by atoms with E-state index >= 15 is 0 Å². The Morgan fingerprint density at radius 1 is 1.10 bits per heavy atom. The molecule has 0 unspecified atom stereocenters. The molecule has 2 heterocycles. The van der Waals surface area contributed by atoms with Gasteiger partial charge in [0.05, 0.1) is 6.20 Å². The van der Waals surface area contributed by atoms with Crippen molar-refractivity contribution in [2.45, 2.75) is 26.4 Å². The predicted molar refractivity (Wildman–Crippen MR) is 81.6 cm³/mol. The standard InChI is InChI=1S/C15H18N6/c1-11(2)21-15(17-10-19-21)9-20-8-13(7-18-20)12-3-5-14(16)6-4-12/h3-8,10-11H,9,16H2,1-2H3. The van der Waals surface area contributed by atoms with Crippen molar-refractivity contribution in [2.75, 3.05) is 5.73 Å². The van der Waals surface area contributed by atoms with Gasteiger partial charge in [0, 0.05) is 23.5 Å². The number of nitrogens with two attached hydrogens (primary N) is 1. The fourth-order valence-corrected chi connectivity index (χ4v) is 2.24. The van der Waals surface area contributed by atoms with Crippen LogP contribution in [0.4, 0.5) is 5.69 Å². The number of anilines is 1. The van der Waals surface area contributed by atoms with Crippen molar-refractivity contribution < 1.29 is 0 Å². The van der Waals surface area contributed by atoms with Crippen LogP contribution in [0.2, 0.25) is 0 Å². The summed E-state index contributed by atoms with van der Waals surface area (Å²) in [6.45, 7) is 4.77. The smallest absolute Gasteiger partial charge is 0.148 e. The molecule has 3 rings (SSSR count). The van der Waals surface area contributed by atoms with Crippen molar-refractivity contribution in [3.05, 3.63) is 48.8 Å². The molecule has 2 aromatic heterocycles. The van der Waals surface area contributed by atoms with Crippen molar-refractivity contribution >= 4 is 5.69 Å². The monoisotopic (exact) mass is 282 g/mol. The molecule has 21 heavy (non-hydrogen) atoms. The molecule has 6 nitrogen and oxygen atoms in total. The zero-order valence-corrected chi connectivity index (χ0v) is 12.1. The first-order valence-electron chi connectivity index (χ1n) is 6.90. The van der Waals surface area contributed by atoms with Gasteiger partial charge >= 0.3 is 0 Å². The summed E-state index contributed by atoms with van der Waals surface area (Å²) in [6.07, 6.45) is 5.44. The number of hydrogen-bond donors (Lipinski definition) is 1. The maximum atomic E-state index is 5.71. The number of aromatic nitrogens is 5. The van der Waals surface area contributed by atoms with Crippen molar-refractivity contribution in [1.29, 1.82) is 0 Å². The average molecular weight is 282 g/mol. The molecule has 0 aliphatic heterocycles. The zero-order valence-electron chi connectivity index (χ0n) is 12.1. The van der Waals surface area contributed by atoms with Crippen molar-refractivity contribution in [1.82, 2.24) is 24.5 Å². The summed E-state index contributed by atoms with van der Waals surface area (Å²) in [5, 5.41) is 8.63. The van der Waals surface area contributed by atoms with Gasteiger partial charge in [-0.15, -0.1) is 0 Å². The van der Waals surface area contributed by atoms with Gasteiger partial charge in [0.15, 0.2) is 0 Å². The lowest BCUT2D eigenvalue weighted by Gasteiger charge is -2.08. The second-order valence-electron chi connectivity index (χ2n) is 5.26. The molecular formula is C15H18N6. The molecule has 0 saturated heterocycles. The van der Waals surface area contributed by atoms with Gasteiger partial charge in [0.25, 0.3) is 0 Å². The second kappa shape index (κ2) is 5.40. The third-order valence-electron chi connectivity index (χ3n) is 3.32. The molecule has 0 amide bonds. The third-order valence-corrected chi connectivity index (χ3v) is 3.32. The first-order chi connectivity index (χ1) is 10.1. The molecular weight excluding hydrogens is 264 g/mol. The van der Waals surface area contributed by atoms with Crippen LogP contribution in [0.25, 0.3) is 11.1 Å². The maximum absolute atomic E-state index is 5.71. The van der Waals surface area contributed by atoms with E-state index in [-0.39, 0.29) is 6.04 Å². The highest BCUT2D eigenvalue weighted by atomic mass is 15.4. The molecule has 0 spiro atoms. The largest absolute Gasteiger partial charge is 0.399 e. The van der Waals surface area contributed by atoms with Gasteiger partial charge in [-0.2, -0.15) is 10.2 Å². The van der Waals surface area contributed by atoms with Gasteiger partial charge < -0.3 is 5.73 Å². The van der Waals surface area contributed by atoms with E-state index in [1.165, 1.54) is 0 Å². The van der Waals surface area contributed by atoms with E-state index in [0.29, 0.717) is 6.54 Å². The van der Waals surface area contributed by atoms with Crippen LogP contribution in [0.3, 0.4) is 0 Å². The summed E-state index contributed by atoms with van der Waals surface area (Å²) >= 11 is 0. The quantitative estimate of drug-likeness (QED) is 0.745. The second-order valence-corrected chi connectivity index (χ2v) is 5.26. The number of hydrogen-bond acceptors (Lipinski definition) is 4. The molecule has 1 aromatic carbocycles. The van der Waals surface area contributed by atoms with Gasteiger partial charge in [0.2, 0.25) is 0 Å². The third kappa shape index (κ3) is 2.79. The molecule has 0 saturated carbocycles. The average Bonchev–Trinajstić information content (AvgIpc) is 3.09. The predicted octanol–water partition coefficient (Wildman–Crippen LogP) is 2.35. The van der Waals surface area contributed by atoms with Crippen LogP contribution in [-0.4, -0.2) is 24.5 Å². The van der Waals surface area contributed by atoms with Crippen LogP contribution in [0.5, 0.6) is 0 Å². The summed E-state index contributed by atoms with van der Waals surface area (Å²) in [5.74, 6) is 0.900. The Labute approximate surface area is 123 Å². The van der Waals surface area contributed by atoms with Crippen LogP contribution in [0.1, 0.15) is 25.7 Å². The van der Waals surface area contributed by atoms with Gasteiger partial charge in [-0.25, -0.2) is 9.67 Å². The summed E-state index contributed by atoms with van der Waals surface area (Å²) in [4.78, 5) is 4.30. The minimum atomic E-state index is 0.287.